The fraction of sp³-hybridized carbons (Fsp3) is 0.636. The van der Waals surface area contributed by atoms with Crippen LogP contribution in [0, 0.1) is 5.82 Å². The smallest absolute Gasteiger partial charge is 0.414 e. The van der Waals surface area contributed by atoms with Crippen LogP contribution < -0.4 is 9.80 Å². The van der Waals surface area contributed by atoms with Gasteiger partial charge in [0, 0.05) is 19.5 Å². The van der Waals surface area contributed by atoms with Gasteiger partial charge >= 0.3 is 6.09 Å². The summed E-state index contributed by atoms with van der Waals surface area (Å²) in [6.07, 6.45) is 3.98. The second-order valence-electron chi connectivity index (χ2n) is 7.99. The molecule has 2 fully saturated rings. The Morgan fingerprint density at radius 2 is 1.97 bits per heavy atom. The molecule has 0 aromatic heterocycles. The molecule has 2 aliphatic heterocycles. The van der Waals surface area contributed by atoms with E-state index in [1.54, 1.807) is 12.1 Å². The molecule has 1 aromatic carbocycles. The summed E-state index contributed by atoms with van der Waals surface area (Å²) in [5.74, 6) is -0.801. The number of halogens is 1. The Morgan fingerprint density at radius 1 is 1.23 bits per heavy atom. The number of nitrogens with zero attached hydrogens (tertiary/aromatic N) is 3. The third-order valence-corrected chi connectivity index (χ3v) is 5.63. The lowest BCUT2D eigenvalue weighted by Gasteiger charge is -2.29. The fourth-order valence-electron chi connectivity index (χ4n) is 3.86. The first-order valence-corrected chi connectivity index (χ1v) is 11.1. The van der Waals surface area contributed by atoms with E-state index < -0.39 is 18.0 Å². The number of anilines is 2. The second-order valence-corrected chi connectivity index (χ2v) is 7.99. The average molecular weight is 438 g/mol. The molecule has 0 radical (unpaired) electrons. The molecule has 1 N–H and O–H groups in total. The van der Waals surface area contributed by atoms with Crippen LogP contribution in [0.4, 0.5) is 20.6 Å². The van der Waals surface area contributed by atoms with E-state index >= 15 is 0 Å². The molecule has 2 heterocycles. The molecule has 0 aliphatic carbocycles. The van der Waals surface area contributed by atoms with Gasteiger partial charge < -0.3 is 14.4 Å². The van der Waals surface area contributed by atoms with Gasteiger partial charge in [-0.25, -0.2) is 14.2 Å². The van der Waals surface area contributed by atoms with E-state index in [0.29, 0.717) is 42.7 Å². The van der Waals surface area contributed by atoms with Crippen molar-refractivity contribution in [1.82, 2.24) is 5.06 Å². The Balaban J connectivity index is 1.51. The molecule has 0 bridgehead atoms. The number of cyclic esters (lactones) is 1. The zero-order valence-corrected chi connectivity index (χ0v) is 18.1. The second kappa shape index (κ2) is 11.3. The molecule has 31 heavy (non-hydrogen) atoms. The van der Waals surface area contributed by atoms with E-state index in [1.807, 2.05) is 4.90 Å². The van der Waals surface area contributed by atoms with Crippen molar-refractivity contribution >= 4 is 23.4 Å². The predicted octanol–water partition coefficient (Wildman–Crippen LogP) is 3.57. The first kappa shape index (κ1) is 23.3. The van der Waals surface area contributed by atoms with Gasteiger partial charge in [0.05, 0.1) is 37.7 Å². The Hall–Kier alpha value is -2.39. The van der Waals surface area contributed by atoms with Crippen LogP contribution in [0.15, 0.2) is 18.2 Å². The van der Waals surface area contributed by atoms with Crippen LogP contribution in [-0.4, -0.2) is 67.8 Å². The van der Waals surface area contributed by atoms with Gasteiger partial charge in [-0.2, -0.15) is 0 Å². The lowest BCUT2D eigenvalue weighted by atomic mass is 10.1. The predicted molar refractivity (Wildman–Crippen MR) is 114 cm³/mol. The summed E-state index contributed by atoms with van der Waals surface area (Å²) in [7, 11) is 0. The third kappa shape index (κ3) is 6.30. The molecule has 0 unspecified atom stereocenters. The Kier molecular flexibility index (Phi) is 8.48. The van der Waals surface area contributed by atoms with Gasteiger partial charge in [-0.3, -0.25) is 14.9 Å². The van der Waals surface area contributed by atoms with Crippen molar-refractivity contribution < 1.29 is 28.7 Å². The highest BCUT2D eigenvalue weighted by Crippen LogP contribution is 2.28. The maximum atomic E-state index is 14.7. The third-order valence-electron chi connectivity index (χ3n) is 5.63. The summed E-state index contributed by atoms with van der Waals surface area (Å²) in [5.41, 5.74) is 0.857. The zero-order valence-electron chi connectivity index (χ0n) is 18.1. The van der Waals surface area contributed by atoms with Crippen LogP contribution in [0.3, 0.4) is 0 Å². The summed E-state index contributed by atoms with van der Waals surface area (Å²) >= 11 is 0. The van der Waals surface area contributed by atoms with Crippen LogP contribution in [0.5, 0.6) is 0 Å². The maximum absolute atomic E-state index is 14.7. The first-order valence-electron chi connectivity index (χ1n) is 11.1. The van der Waals surface area contributed by atoms with Crippen LogP contribution in [0.2, 0.25) is 0 Å². The van der Waals surface area contributed by atoms with Crippen molar-refractivity contribution in [2.75, 3.05) is 49.2 Å². The standard InChI is InChI=1S/C22H32FN3O5/c1-2-3-4-5-6-7-21(27)26(29)16-18-15-25(22(28)31-18)17-8-9-20(19(23)14-17)24-10-12-30-13-11-24/h8-9,14,18,29H,2-7,10-13,15-16H2,1H3/t18-/m1/s1. The number of carbonyl (C=O) groups excluding carboxylic acids is 2. The highest BCUT2D eigenvalue weighted by atomic mass is 19.1. The number of hydroxylamine groups is 2. The molecule has 8 nitrogen and oxygen atoms in total. The van der Waals surface area contributed by atoms with Crippen molar-refractivity contribution in [2.45, 2.75) is 51.6 Å². The van der Waals surface area contributed by atoms with Gasteiger partial charge in [-0.15, -0.1) is 0 Å². The lowest BCUT2D eigenvalue weighted by Crippen LogP contribution is -2.37. The SMILES string of the molecule is CCCCCCCC(=O)N(O)C[C@H]1CN(c2ccc(N3CCOCC3)c(F)c2)C(=O)O1. The Labute approximate surface area is 182 Å². The van der Waals surface area contributed by atoms with Crippen LogP contribution in [-0.2, 0) is 14.3 Å². The van der Waals surface area contributed by atoms with E-state index in [9.17, 15) is 19.2 Å². The summed E-state index contributed by atoms with van der Waals surface area (Å²) in [6.45, 7) is 4.49. The molecule has 0 saturated carbocycles. The maximum Gasteiger partial charge on any atom is 0.414 e. The zero-order chi connectivity index (χ0) is 22.2. The molecule has 2 amide bonds. The number of benzene rings is 1. The van der Waals surface area contributed by atoms with E-state index in [0.717, 1.165) is 32.1 Å². The topological polar surface area (TPSA) is 82.6 Å². The number of morpholine rings is 1. The van der Waals surface area contributed by atoms with Crippen molar-refractivity contribution in [1.29, 1.82) is 0 Å². The largest absolute Gasteiger partial charge is 0.442 e. The first-order chi connectivity index (χ1) is 15.0. The van der Waals surface area contributed by atoms with Crippen LogP contribution in [0.1, 0.15) is 45.4 Å². The highest BCUT2D eigenvalue weighted by Gasteiger charge is 2.34. The summed E-state index contributed by atoms with van der Waals surface area (Å²) in [6, 6.07) is 4.64. The van der Waals surface area contributed by atoms with E-state index in [4.69, 9.17) is 9.47 Å². The van der Waals surface area contributed by atoms with E-state index in [1.165, 1.54) is 11.0 Å². The summed E-state index contributed by atoms with van der Waals surface area (Å²) < 4.78 is 25.2. The number of hydrogen-bond acceptors (Lipinski definition) is 6. The Morgan fingerprint density at radius 3 is 2.68 bits per heavy atom. The van der Waals surface area contributed by atoms with Gasteiger partial charge in [-0.1, -0.05) is 32.6 Å². The minimum atomic E-state index is -0.677. The quantitative estimate of drug-likeness (QED) is 0.342. The highest BCUT2D eigenvalue weighted by molar-refractivity contribution is 5.90. The molecule has 2 saturated heterocycles. The van der Waals surface area contributed by atoms with E-state index in [-0.39, 0.29) is 25.4 Å². The minimum Gasteiger partial charge on any atom is -0.442 e. The van der Waals surface area contributed by atoms with Gasteiger partial charge in [0.25, 0.3) is 0 Å². The fourth-order valence-corrected chi connectivity index (χ4v) is 3.86. The van der Waals surface area contributed by atoms with Gasteiger partial charge in [0.15, 0.2) is 0 Å². The van der Waals surface area contributed by atoms with Crippen molar-refractivity contribution in [3.63, 3.8) is 0 Å². The number of ether oxygens (including phenoxy) is 2. The molecule has 1 atom stereocenters. The van der Waals surface area contributed by atoms with Crippen molar-refractivity contribution in [2.24, 2.45) is 0 Å². The number of carbonyl (C=O) groups is 2. The van der Waals surface area contributed by atoms with Crippen LogP contribution >= 0.6 is 0 Å². The number of unbranched alkanes of at least 4 members (excludes halogenated alkanes) is 4. The van der Waals surface area contributed by atoms with E-state index in [2.05, 4.69) is 6.92 Å². The molecule has 0 spiro atoms. The number of hydrogen-bond donors (Lipinski definition) is 1. The number of rotatable bonds is 10. The van der Waals surface area contributed by atoms with Crippen LogP contribution in [0.25, 0.3) is 0 Å². The van der Waals surface area contributed by atoms with Gasteiger partial charge in [-0.05, 0) is 24.6 Å². The minimum absolute atomic E-state index is 0.107. The monoisotopic (exact) mass is 437 g/mol. The molecule has 1 aromatic rings. The lowest BCUT2D eigenvalue weighted by molar-refractivity contribution is -0.169. The average Bonchev–Trinajstić information content (AvgIpc) is 3.13. The molecule has 2 aliphatic rings. The van der Waals surface area contributed by atoms with Gasteiger partial charge in [0.1, 0.15) is 11.9 Å². The molecule has 9 heteroatoms. The van der Waals surface area contributed by atoms with Crippen molar-refractivity contribution in [3.05, 3.63) is 24.0 Å². The molecular weight excluding hydrogens is 405 g/mol. The number of amides is 2. The van der Waals surface area contributed by atoms with Gasteiger partial charge in [0.2, 0.25) is 5.91 Å². The molecular formula is C22H32FN3O5. The van der Waals surface area contributed by atoms with Crippen molar-refractivity contribution in [3.8, 4) is 0 Å². The summed E-state index contributed by atoms with van der Waals surface area (Å²) in [4.78, 5) is 27.6. The summed E-state index contributed by atoms with van der Waals surface area (Å²) in [5, 5.41) is 10.7. The molecule has 172 valence electrons. The molecule has 3 rings (SSSR count). The Bertz CT molecular complexity index is 757. The normalized spacial score (nSPS) is 18.9.